The lowest BCUT2D eigenvalue weighted by Crippen LogP contribution is -2.39. The molecule has 4 rings (SSSR count). The molecular formula is C21H28ClN5O2. The van der Waals surface area contributed by atoms with Crippen molar-refractivity contribution in [1.82, 2.24) is 20.0 Å². The van der Waals surface area contributed by atoms with Gasteiger partial charge in [0, 0.05) is 55.7 Å². The van der Waals surface area contributed by atoms with E-state index in [1.54, 1.807) is 13.1 Å². The van der Waals surface area contributed by atoms with E-state index in [9.17, 15) is 4.79 Å². The highest BCUT2D eigenvalue weighted by molar-refractivity contribution is 6.31. The molecule has 0 radical (unpaired) electrons. The second-order valence-corrected chi connectivity index (χ2v) is 8.04. The molecule has 0 bridgehead atoms. The van der Waals surface area contributed by atoms with E-state index in [-0.39, 0.29) is 11.9 Å². The van der Waals surface area contributed by atoms with Gasteiger partial charge in [-0.2, -0.15) is 5.10 Å². The Labute approximate surface area is 176 Å². The summed E-state index contributed by atoms with van der Waals surface area (Å²) in [6, 6.07) is 8.21. The fourth-order valence-electron chi connectivity index (χ4n) is 4.21. The van der Waals surface area contributed by atoms with Crippen LogP contribution in [0.5, 0.6) is 0 Å². The molecule has 0 aliphatic carbocycles. The molecule has 7 nitrogen and oxygen atoms in total. The minimum absolute atomic E-state index is 0.150. The summed E-state index contributed by atoms with van der Waals surface area (Å²) in [5, 5.41) is 7.93. The van der Waals surface area contributed by atoms with Crippen LogP contribution in [0.1, 0.15) is 34.9 Å². The molecule has 1 aromatic heterocycles. The normalized spacial score (nSPS) is 20.6. The Bertz CT molecular complexity index is 849. The monoisotopic (exact) mass is 417 g/mol. The van der Waals surface area contributed by atoms with Crippen LogP contribution < -0.4 is 10.2 Å². The average Bonchev–Trinajstić information content (AvgIpc) is 3.26. The van der Waals surface area contributed by atoms with Gasteiger partial charge < -0.3 is 15.0 Å². The number of likely N-dealkylation sites (tertiary alicyclic amines) is 1. The van der Waals surface area contributed by atoms with Crippen molar-refractivity contribution in [2.75, 3.05) is 51.3 Å². The van der Waals surface area contributed by atoms with Crippen LogP contribution in [-0.4, -0.2) is 67.0 Å². The molecule has 2 saturated heterocycles. The van der Waals surface area contributed by atoms with E-state index in [4.69, 9.17) is 16.3 Å². The minimum atomic E-state index is -0.150. The molecule has 0 saturated carbocycles. The Balaban J connectivity index is 1.48. The van der Waals surface area contributed by atoms with Crippen molar-refractivity contribution in [2.45, 2.75) is 25.4 Å². The zero-order chi connectivity index (χ0) is 20.2. The lowest BCUT2D eigenvalue weighted by atomic mass is 10.0. The van der Waals surface area contributed by atoms with Crippen LogP contribution in [-0.2, 0) is 11.3 Å². The average molecular weight is 418 g/mol. The third kappa shape index (κ3) is 4.57. The Morgan fingerprint density at radius 3 is 2.90 bits per heavy atom. The first-order valence-electron chi connectivity index (χ1n) is 10.3. The maximum Gasteiger partial charge on any atom is 0.271 e. The van der Waals surface area contributed by atoms with Gasteiger partial charge in [0.15, 0.2) is 0 Å². The maximum atomic E-state index is 11.8. The highest BCUT2D eigenvalue weighted by atomic mass is 35.5. The number of nitrogens with zero attached hydrogens (tertiary/aromatic N) is 4. The minimum Gasteiger partial charge on any atom is -0.378 e. The zero-order valence-corrected chi connectivity index (χ0v) is 17.6. The van der Waals surface area contributed by atoms with Crippen LogP contribution in [0.3, 0.4) is 0 Å². The number of carbonyl (C=O) groups excluding carboxylic acids is 1. The molecule has 1 unspecified atom stereocenters. The molecule has 156 valence electrons. The third-order valence-corrected chi connectivity index (χ3v) is 6.10. The van der Waals surface area contributed by atoms with E-state index < -0.39 is 0 Å². The van der Waals surface area contributed by atoms with E-state index in [0.717, 1.165) is 63.8 Å². The molecule has 1 amide bonds. The molecule has 1 N–H and O–H groups in total. The Morgan fingerprint density at radius 2 is 2.10 bits per heavy atom. The van der Waals surface area contributed by atoms with Gasteiger partial charge in [-0.05, 0) is 37.6 Å². The van der Waals surface area contributed by atoms with Gasteiger partial charge in [-0.25, -0.2) is 0 Å². The fraction of sp³-hybridized carbons (Fsp3) is 0.524. The third-order valence-electron chi connectivity index (χ3n) is 5.75. The summed E-state index contributed by atoms with van der Waals surface area (Å²) >= 11 is 6.63. The van der Waals surface area contributed by atoms with Crippen molar-refractivity contribution in [2.24, 2.45) is 0 Å². The van der Waals surface area contributed by atoms with Crippen molar-refractivity contribution in [3.63, 3.8) is 0 Å². The highest BCUT2D eigenvalue weighted by Gasteiger charge is 2.25. The fourth-order valence-corrected chi connectivity index (χ4v) is 4.44. The van der Waals surface area contributed by atoms with Crippen LogP contribution in [0.15, 0.2) is 30.5 Å². The molecule has 1 atom stereocenters. The van der Waals surface area contributed by atoms with Crippen LogP contribution in [0.2, 0.25) is 5.02 Å². The number of hydrogen-bond acceptors (Lipinski definition) is 5. The number of morpholine rings is 1. The van der Waals surface area contributed by atoms with Gasteiger partial charge >= 0.3 is 0 Å². The molecule has 3 heterocycles. The largest absolute Gasteiger partial charge is 0.378 e. The number of nitrogens with one attached hydrogen (secondary N) is 1. The number of piperidine rings is 1. The summed E-state index contributed by atoms with van der Waals surface area (Å²) in [6.45, 7) is 6.04. The molecule has 1 aromatic carbocycles. The van der Waals surface area contributed by atoms with E-state index in [1.807, 2.05) is 23.0 Å². The van der Waals surface area contributed by atoms with Gasteiger partial charge in [-0.3, -0.25) is 14.4 Å². The van der Waals surface area contributed by atoms with Crippen molar-refractivity contribution in [3.05, 3.63) is 46.7 Å². The number of benzene rings is 1. The lowest BCUT2D eigenvalue weighted by molar-refractivity contribution is 0.0955. The highest BCUT2D eigenvalue weighted by Crippen LogP contribution is 2.31. The van der Waals surface area contributed by atoms with Crippen LogP contribution in [0.4, 0.5) is 5.69 Å². The van der Waals surface area contributed by atoms with Gasteiger partial charge in [-0.15, -0.1) is 0 Å². The molecular weight excluding hydrogens is 390 g/mol. The van der Waals surface area contributed by atoms with E-state index >= 15 is 0 Å². The van der Waals surface area contributed by atoms with Gasteiger partial charge in [0.2, 0.25) is 0 Å². The first-order chi connectivity index (χ1) is 14.2. The maximum absolute atomic E-state index is 11.8. The zero-order valence-electron chi connectivity index (χ0n) is 16.8. The Morgan fingerprint density at radius 1 is 1.28 bits per heavy atom. The molecule has 0 spiro atoms. The first-order valence-corrected chi connectivity index (χ1v) is 10.6. The number of aromatic nitrogens is 2. The van der Waals surface area contributed by atoms with Gasteiger partial charge in [-0.1, -0.05) is 17.7 Å². The molecule has 2 aromatic rings. The molecule has 2 aliphatic rings. The number of halogens is 1. The summed E-state index contributed by atoms with van der Waals surface area (Å²) in [4.78, 5) is 16.6. The summed E-state index contributed by atoms with van der Waals surface area (Å²) in [5.74, 6) is -0.150. The van der Waals surface area contributed by atoms with Gasteiger partial charge in [0.05, 0.1) is 19.3 Å². The van der Waals surface area contributed by atoms with Crippen LogP contribution in [0, 0.1) is 0 Å². The van der Waals surface area contributed by atoms with E-state index in [0.29, 0.717) is 5.69 Å². The van der Waals surface area contributed by atoms with Crippen molar-refractivity contribution in [1.29, 1.82) is 0 Å². The second-order valence-electron chi connectivity index (χ2n) is 7.63. The van der Waals surface area contributed by atoms with Gasteiger partial charge in [0.25, 0.3) is 5.91 Å². The number of carbonyl (C=O) groups is 1. The quantitative estimate of drug-likeness (QED) is 0.810. The van der Waals surface area contributed by atoms with Crippen LogP contribution >= 0.6 is 11.6 Å². The molecule has 2 fully saturated rings. The van der Waals surface area contributed by atoms with Crippen molar-refractivity contribution in [3.8, 4) is 0 Å². The first kappa shape index (κ1) is 20.2. The number of hydrogen-bond donors (Lipinski definition) is 1. The smallest absolute Gasteiger partial charge is 0.271 e. The summed E-state index contributed by atoms with van der Waals surface area (Å²) in [7, 11) is 1.62. The second kappa shape index (κ2) is 9.15. The van der Waals surface area contributed by atoms with Gasteiger partial charge in [0.1, 0.15) is 5.69 Å². The van der Waals surface area contributed by atoms with Crippen LogP contribution in [0.25, 0.3) is 0 Å². The SMILES string of the molecule is CNC(=O)c1ccn(C2CCCN(Cc3c(Cl)cccc3N3CCOCC3)C2)n1. The van der Waals surface area contributed by atoms with Crippen molar-refractivity contribution < 1.29 is 9.53 Å². The Kier molecular flexibility index (Phi) is 6.37. The predicted molar refractivity (Wildman–Crippen MR) is 114 cm³/mol. The summed E-state index contributed by atoms with van der Waals surface area (Å²) in [6.07, 6.45) is 4.06. The van der Waals surface area contributed by atoms with E-state index in [2.05, 4.69) is 26.3 Å². The van der Waals surface area contributed by atoms with E-state index in [1.165, 1.54) is 11.3 Å². The predicted octanol–water partition coefficient (Wildman–Crippen LogP) is 2.57. The standard InChI is InChI=1S/C21H28ClN5O2/c1-23-21(28)19-7-9-27(24-19)16-4-3-8-25(14-16)15-17-18(22)5-2-6-20(17)26-10-12-29-13-11-26/h2,5-7,9,16H,3-4,8,10-15H2,1H3,(H,23,28). The lowest BCUT2D eigenvalue weighted by Gasteiger charge is -2.35. The Hall–Kier alpha value is -2.09. The molecule has 8 heteroatoms. The molecule has 2 aliphatic heterocycles. The topological polar surface area (TPSA) is 62.6 Å². The summed E-state index contributed by atoms with van der Waals surface area (Å²) in [5.41, 5.74) is 2.86. The number of anilines is 1. The molecule has 29 heavy (non-hydrogen) atoms. The number of rotatable bonds is 5. The van der Waals surface area contributed by atoms with Crippen molar-refractivity contribution >= 4 is 23.2 Å². The number of amides is 1. The number of ether oxygens (including phenoxy) is 1. The summed E-state index contributed by atoms with van der Waals surface area (Å²) < 4.78 is 7.44.